The second-order valence-electron chi connectivity index (χ2n) is 12.2. The number of hydrogen-bond acceptors (Lipinski definition) is 0. The van der Waals surface area contributed by atoms with E-state index in [1.807, 2.05) is 0 Å². The topological polar surface area (TPSA) is 0 Å². The van der Waals surface area contributed by atoms with Crippen molar-refractivity contribution in [2.45, 2.75) is 133 Å². The Balaban J connectivity index is 0.000000718. The number of aryl methyl sites for hydroxylation is 2. The predicted octanol–water partition coefficient (Wildman–Crippen LogP) is 8.33. The molecule has 0 nitrogen and oxygen atoms in total. The van der Waals surface area contributed by atoms with Crippen LogP contribution < -0.4 is 7.16 Å². The van der Waals surface area contributed by atoms with E-state index in [1.54, 1.807) is 29.4 Å². The summed E-state index contributed by atoms with van der Waals surface area (Å²) in [7, 11) is 0.137. The van der Waals surface area contributed by atoms with Crippen molar-refractivity contribution in [3.8, 4) is 0 Å². The van der Waals surface area contributed by atoms with Crippen LogP contribution in [0.1, 0.15) is 107 Å². The molecule has 2 rings (SSSR count). The molecule has 0 amide bonds. The molecule has 188 valence electrons. The van der Waals surface area contributed by atoms with Crippen LogP contribution >= 0.6 is 0 Å². The molecule has 0 unspecified atom stereocenters. The molecule has 0 heterocycles. The number of benzene rings is 2. The molecule has 0 aliphatic carbocycles. The zero-order valence-corrected chi connectivity index (χ0v) is 29.1. The van der Waals surface area contributed by atoms with E-state index in [0.717, 1.165) is 0 Å². The molecular formula is C32H53SiSn+. The molecule has 0 N–H and O–H groups in total. The predicted molar refractivity (Wildman–Crippen MR) is 161 cm³/mol. The van der Waals surface area contributed by atoms with E-state index in [4.69, 9.17) is 0 Å². The fourth-order valence-corrected chi connectivity index (χ4v) is 12.2. The van der Waals surface area contributed by atoms with Gasteiger partial charge in [-0.05, 0) is 0 Å². The van der Waals surface area contributed by atoms with Crippen molar-refractivity contribution in [1.29, 1.82) is 0 Å². The molecule has 0 atom stereocenters. The Morgan fingerprint density at radius 1 is 0.559 bits per heavy atom. The van der Waals surface area contributed by atoms with Crippen LogP contribution in [-0.4, -0.2) is 29.9 Å². The quantitative estimate of drug-likeness (QED) is 0.310. The standard InChI is InChI=1S/2C13H19.C6H15Si.Sn/c2*1-9-7-12(13(4,5)6)8-10(2)11(9)3;1-4-7(5-2)6-3;/h2*7H,1-6H3;4-6H2,1-3H3;/q;;;+1. The zero-order chi connectivity index (χ0) is 26.6. The second-order valence-corrected chi connectivity index (χ2v) is 19.4. The van der Waals surface area contributed by atoms with E-state index in [0.29, 0.717) is 0 Å². The number of rotatable bonds is 5. The van der Waals surface area contributed by atoms with E-state index in [2.05, 4.69) is 116 Å². The molecule has 0 aromatic heterocycles. The van der Waals surface area contributed by atoms with Gasteiger partial charge in [0.2, 0.25) is 0 Å². The Bertz CT molecular complexity index is 887. The van der Waals surface area contributed by atoms with Crippen molar-refractivity contribution < 1.29 is 0 Å². The SMILES string of the molecule is CC[Si](CC)CC.Cc1cc(C(C)(C)C)[c]([Sn+][c]2c(C(C)(C)C)cc(C)c(C)c2C)c(C)c1C. The first-order valence-electron chi connectivity index (χ1n) is 13.3. The molecule has 0 saturated heterocycles. The molecule has 2 heteroatoms. The molecule has 2 radical (unpaired) electrons. The minimum atomic E-state index is -0.945. The fraction of sp³-hybridized carbons (Fsp3) is 0.625. The first-order chi connectivity index (χ1) is 15.5. The Kier molecular flexibility index (Phi) is 11.7. The molecule has 0 fully saturated rings. The Hall–Kier alpha value is -0.544. The summed E-state index contributed by atoms with van der Waals surface area (Å²) in [5.74, 6) is 0. The third kappa shape index (κ3) is 7.73. The van der Waals surface area contributed by atoms with Gasteiger partial charge in [0.1, 0.15) is 0 Å². The third-order valence-electron chi connectivity index (χ3n) is 7.68. The van der Waals surface area contributed by atoms with Crippen molar-refractivity contribution >= 4 is 37.1 Å². The van der Waals surface area contributed by atoms with Crippen LogP contribution in [0.5, 0.6) is 0 Å². The molecule has 0 bridgehead atoms. The molecule has 2 aromatic carbocycles. The summed E-state index contributed by atoms with van der Waals surface area (Å²) in [6.45, 7) is 35.0. The Morgan fingerprint density at radius 3 is 1.06 bits per heavy atom. The molecule has 2 aromatic rings. The van der Waals surface area contributed by atoms with E-state index in [-0.39, 0.29) is 19.6 Å². The second kappa shape index (κ2) is 12.6. The normalized spacial score (nSPS) is 12.0. The summed E-state index contributed by atoms with van der Waals surface area (Å²) in [6, 6.07) is 9.32. The first-order valence-corrected chi connectivity index (χ1v) is 18.3. The molecule has 0 saturated carbocycles. The van der Waals surface area contributed by atoms with Crippen molar-refractivity contribution in [1.82, 2.24) is 0 Å². The maximum atomic E-state index is 2.48. The molecule has 0 spiro atoms. The fourth-order valence-electron chi connectivity index (χ4n) is 4.54. The van der Waals surface area contributed by atoms with Gasteiger partial charge in [-0.25, -0.2) is 0 Å². The van der Waals surface area contributed by atoms with Crippen molar-refractivity contribution in [3.05, 3.63) is 56.6 Å². The van der Waals surface area contributed by atoms with Crippen LogP contribution in [0.3, 0.4) is 0 Å². The van der Waals surface area contributed by atoms with Gasteiger partial charge in [0, 0.05) is 8.80 Å². The van der Waals surface area contributed by atoms with Gasteiger partial charge in [-0.3, -0.25) is 0 Å². The van der Waals surface area contributed by atoms with Gasteiger partial charge in [-0.1, -0.05) is 38.9 Å². The van der Waals surface area contributed by atoms with E-state index < -0.39 is 21.1 Å². The van der Waals surface area contributed by atoms with Gasteiger partial charge in [-0.15, -0.1) is 0 Å². The van der Waals surface area contributed by atoms with E-state index in [9.17, 15) is 0 Å². The van der Waals surface area contributed by atoms with E-state index >= 15 is 0 Å². The summed E-state index contributed by atoms with van der Waals surface area (Å²) < 4.78 is 3.40. The van der Waals surface area contributed by atoms with Crippen LogP contribution in [-0.2, 0) is 10.8 Å². The molecular weight excluding hydrogens is 531 g/mol. The van der Waals surface area contributed by atoms with Crippen molar-refractivity contribution in [2.24, 2.45) is 0 Å². The van der Waals surface area contributed by atoms with Gasteiger partial charge < -0.3 is 0 Å². The maximum absolute atomic E-state index is 2.48. The van der Waals surface area contributed by atoms with Crippen LogP contribution in [0.25, 0.3) is 0 Å². The molecule has 0 aliphatic rings. The van der Waals surface area contributed by atoms with Gasteiger partial charge in [0.25, 0.3) is 0 Å². The molecule has 34 heavy (non-hydrogen) atoms. The van der Waals surface area contributed by atoms with Crippen LogP contribution in [0.2, 0.25) is 18.1 Å². The average Bonchev–Trinajstić information content (AvgIpc) is 2.73. The van der Waals surface area contributed by atoms with Crippen molar-refractivity contribution in [3.63, 3.8) is 0 Å². The van der Waals surface area contributed by atoms with Crippen LogP contribution in [0.4, 0.5) is 0 Å². The summed E-state index contributed by atoms with van der Waals surface area (Å²) in [4.78, 5) is 0. The summed E-state index contributed by atoms with van der Waals surface area (Å²) in [5, 5.41) is 0. The van der Waals surface area contributed by atoms with Crippen LogP contribution in [0, 0.1) is 41.5 Å². The monoisotopic (exact) mass is 585 g/mol. The average molecular weight is 585 g/mol. The summed E-state index contributed by atoms with van der Waals surface area (Å²) in [6.07, 6.45) is 0. The van der Waals surface area contributed by atoms with Gasteiger partial charge in [-0.2, -0.15) is 0 Å². The minimum absolute atomic E-state index is 0.137. The van der Waals surface area contributed by atoms with Crippen molar-refractivity contribution in [2.75, 3.05) is 0 Å². The third-order valence-corrected chi connectivity index (χ3v) is 15.8. The molecule has 0 aliphatic heterocycles. The van der Waals surface area contributed by atoms with Gasteiger partial charge in [0.05, 0.1) is 0 Å². The zero-order valence-electron chi connectivity index (χ0n) is 25.3. The Labute approximate surface area is 225 Å². The van der Waals surface area contributed by atoms with E-state index in [1.165, 1.54) is 40.4 Å². The first kappa shape index (κ1) is 31.5. The van der Waals surface area contributed by atoms with Gasteiger partial charge >= 0.3 is 179 Å². The summed E-state index contributed by atoms with van der Waals surface area (Å²) >= 11 is -0.945. The Morgan fingerprint density at radius 2 is 0.853 bits per heavy atom. The van der Waals surface area contributed by atoms with Crippen LogP contribution in [0.15, 0.2) is 12.1 Å². The summed E-state index contributed by atoms with van der Waals surface area (Å²) in [5.41, 5.74) is 12.5. The van der Waals surface area contributed by atoms with Gasteiger partial charge in [0.15, 0.2) is 0 Å². The number of hydrogen-bond donors (Lipinski definition) is 0.